The second-order valence-electron chi connectivity index (χ2n) is 14.8. The fourth-order valence-corrected chi connectivity index (χ4v) is 7.81. The molecule has 4 nitrogen and oxygen atoms in total. The van der Waals surface area contributed by atoms with Crippen LogP contribution in [0.3, 0.4) is 0 Å². The molecule has 0 saturated carbocycles. The number of fused-ring (bicyclic) bond motifs is 6. The summed E-state index contributed by atoms with van der Waals surface area (Å²) in [5.41, 5.74) is 6.84. The molecule has 2 aromatic carbocycles. The summed E-state index contributed by atoms with van der Waals surface area (Å²) in [6.07, 6.45) is 10.6. The maximum Gasteiger partial charge on any atom is 0.164 e. The third kappa shape index (κ3) is 7.62. The standard InChI is InChI=1S/C28H23N2S.C15H28O2.Ir/c1-28(2,3)22-16-18(15-17-7-4-5-8-19(17)22)26-25-21-10-11-23-20(9-6-13-29-23)27(21)31-24(25)12-14-30-26;1-7-14(5,8-2)12(16)11-13(17)15(6,9-3)10-4;/h4-9,12-14,16H,10-11H2,1-3H3;11,16H,7-10H2,1-6H3;/q-1;;/b;12-11-;. The van der Waals surface area contributed by atoms with Crippen LogP contribution in [0.1, 0.15) is 105 Å². The van der Waals surface area contributed by atoms with E-state index in [-0.39, 0.29) is 47.9 Å². The first-order chi connectivity index (χ1) is 22.8. The molecule has 6 rings (SSSR count). The van der Waals surface area contributed by atoms with Crippen molar-refractivity contribution in [2.45, 2.75) is 106 Å². The predicted octanol–water partition coefficient (Wildman–Crippen LogP) is 12.0. The van der Waals surface area contributed by atoms with Gasteiger partial charge in [0, 0.05) is 75.9 Å². The first-order valence-electron chi connectivity index (χ1n) is 17.6. The van der Waals surface area contributed by atoms with Crippen LogP contribution in [0.25, 0.3) is 42.6 Å². The number of thiophene rings is 1. The molecule has 0 unspecified atom stereocenters. The Morgan fingerprint density at radius 3 is 2.20 bits per heavy atom. The minimum absolute atomic E-state index is 0. The van der Waals surface area contributed by atoms with Crippen LogP contribution in [0.4, 0.5) is 0 Å². The van der Waals surface area contributed by atoms with Crippen molar-refractivity contribution in [2.24, 2.45) is 10.8 Å². The second kappa shape index (κ2) is 15.4. The fraction of sp³-hybridized carbons (Fsp3) is 0.419. The molecule has 49 heavy (non-hydrogen) atoms. The Morgan fingerprint density at radius 2 is 1.55 bits per heavy atom. The zero-order valence-electron chi connectivity index (χ0n) is 30.6. The summed E-state index contributed by atoms with van der Waals surface area (Å²) < 4.78 is 1.30. The van der Waals surface area contributed by atoms with E-state index in [2.05, 4.69) is 74.3 Å². The van der Waals surface area contributed by atoms with Gasteiger partial charge in [-0.3, -0.25) is 14.8 Å². The van der Waals surface area contributed by atoms with Crippen molar-refractivity contribution in [2.75, 3.05) is 0 Å². The number of ketones is 1. The molecule has 0 bridgehead atoms. The van der Waals surface area contributed by atoms with Gasteiger partial charge < -0.3 is 5.11 Å². The number of carbonyl (C=O) groups excluding carboxylic acids is 1. The van der Waals surface area contributed by atoms with Crippen molar-refractivity contribution in [1.82, 2.24) is 9.97 Å². The molecule has 261 valence electrons. The molecule has 3 heterocycles. The molecule has 1 radical (unpaired) electrons. The Morgan fingerprint density at radius 1 is 0.878 bits per heavy atom. The number of aryl methyl sites for hydroxylation is 2. The van der Waals surface area contributed by atoms with Gasteiger partial charge in [-0.15, -0.1) is 40.5 Å². The van der Waals surface area contributed by atoms with Crippen LogP contribution < -0.4 is 0 Å². The minimum Gasteiger partial charge on any atom is -0.512 e. The zero-order chi connectivity index (χ0) is 34.9. The summed E-state index contributed by atoms with van der Waals surface area (Å²) in [6.45, 7) is 18.9. The van der Waals surface area contributed by atoms with E-state index in [1.807, 2.05) is 71.3 Å². The third-order valence-corrected chi connectivity index (χ3v) is 12.1. The van der Waals surface area contributed by atoms with Gasteiger partial charge in [-0.2, -0.15) is 0 Å². The minimum atomic E-state index is -0.337. The normalized spacial score (nSPS) is 13.3. The number of benzene rings is 2. The summed E-state index contributed by atoms with van der Waals surface area (Å²) in [5.74, 6) is 0.286. The molecule has 0 spiro atoms. The Kier molecular flexibility index (Phi) is 12.1. The van der Waals surface area contributed by atoms with Crippen molar-refractivity contribution >= 4 is 38.0 Å². The van der Waals surface area contributed by atoms with Gasteiger partial charge in [0.25, 0.3) is 0 Å². The smallest absolute Gasteiger partial charge is 0.164 e. The van der Waals surface area contributed by atoms with E-state index in [0.717, 1.165) is 55.2 Å². The number of nitrogens with zero attached hydrogens (tertiary/aromatic N) is 2. The summed E-state index contributed by atoms with van der Waals surface area (Å²) in [7, 11) is 0. The van der Waals surface area contributed by atoms with Gasteiger partial charge in [0.2, 0.25) is 0 Å². The Bertz CT molecular complexity index is 1980. The number of rotatable bonds is 8. The van der Waals surface area contributed by atoms with Gasteiger partial charge >= 0.3 is 0 Å². The quantitative estimate of drug-likeness (QED) is 0.0960. The number of aliphatic hydroxyl groups is 1. The zero-order valence-corrected chi connectivity index (χ0v) is 33.8. The Labute approximate surface area is 310 Å². The summed E-state index contributed by atoms with van der Waals surface area (Å²) in [6, 6.07) is 21.0. The maximum atomic E-state index is 12.2. The monoisotopic (exact) mass is 852 g/mol. The van der Waals surface area contributed by atoms with Crippen LogP contribution in [0, 0.1) is 16.9 Å². The first-order valence-corrected chi connectivity index (χ1v) is 18.4. The van der Waals surface area contributed by atoms with E-state index in [0.29, 0.717) is 0 Å². The number of hydrogen-bond donors (Lipinski definition) is 1. The molecule has 0 amide bonds. The van der Waals surface area contributed by atoms with Gasteiger partial charge in [0.05, 0.1) is 0 Å². The van der Waals surface area contributed by atoms with Crippen LogP contribution in [0.5, 0.6) is 0 Å². The summed E-state index contributed by atoms with van der Waals surface area (Å²) in [4.78, 5) is 23.1. The van der Waals surface area contributed by atoms with Crippen LogP contribution in [-0.2, 0) is 43.2 Å². The third-order valence-electron chi connectivity index (χ3n) is 10.9. The summed E-state index contributed by atoms with van der Waals surface area (Å²) >= 11 is 1.87. The molecular weight excluding hydrogens is 801 g/mol. The fourth-order valence-electron chi connectivity index (χ4n) is 6.52. The van der Waals surface area contributed by atoms with E-state index in [9.17, 15) is 9.90 Å². The largest absolute Gasteiger partial charge is 0.512 e. The first kappa shape index (κ1) is 38.6. The summed E-state index contributed by atoms with van der Waals surface area (Å²) in [5, 5.41) is 13.9. The molecule has 1 aliphatic carbocycles. The molecule has 0 aliphatic heterocycles. The Hall–Kier alpha value is -3.18. The average molecular weight is 852 g/mol. The number of allylic oxidation sites excluding steroid dienone is 2. The molecule has 3 aromatic heterocycles. The van der Waals surface area contributed by atoms with Crippen molar-refractivity contribution < 1.29 is 30.0 Å². The van der Waals surface area contributed by atoms with Gasteiger partial charge in [0.1, 0.15) is 5.76 Å². The molecular formula is C43H51IrN2O2S-. The number of aliphatic hydroxyl groups excluding tert-OH is 1. The molecule has 0 atom stereocenters. The number of pyridine rings is 2. The topological polar surface area (TPSA) is 63.1 Å². The number of carbonyl (C=O) groups is 1. The number of aromatic nitrogens is 2. The van der Waals surface area contributed by atoms with Crippen molar-refractivity contribution in [1.29, 1.82) is 0 Å². The van der Waals surface area contributed by atoms with Crippen molar-refractivity contribution in [3.8, 4) is 21.7 Å². The van der Waals surface area contributed by atoms with Gasteiger partial charge in [-0.05, 0) is 67.0 Å². The Balaban J connectivity index is 0.000000260. The van der Waals surface area contributed by atoms with E-state index in [1.54, 1.807) is 0 Å². The SMILES string of the molecule is CC(C)(C)c1cc(-c2nccc3sc4c(c23)CCc2ncccc2-4)[c-]c2ccccc12.CCC(C)(CC)C(=O)/C=C(\O)C(C)(CC)CC.[Ir]. The molecule has 0 fully saturated rings. The van der Waals surface area contributed by atoms with Gasteiger partial charge in [0.15, 0.2) is 5.78 Å². The van der Waals surface area contributed by atoms with Crippen LogP contribution >= 0.6 is 11.3 Å². The van der Waals surface area contributed by atoms with Crippen molar-refractivity contribution in [3.05, 3.63) is 95.6 Å². The van der Waals surface area contributed by atoms with Crippen LogP contribution in [0.15, 0.2) is 72.8 Å². The van der Waals surface area contributed by atoms with Crippen LogP contribution in [-0.4, -0.2) is 20.9 Å². The molecule has 0 saturated heterocycles. The average Bonchev–Trinajstić information content (AvgIpc) is 3.49. The maximum absolute atomic E-state index is 12.2. The van der Waals surface area contributed by atoms with Crippen LogP contribution in [0.2, 0.25) is 0 Å². The van der Waals surface area contributed by atoms with Gasteiger partial charge in [-0.25, -0.2) is 0 Å². The van der Waals surface area contributed by atoms with E-state index >= 15 is 0 Å². The molecule has 1 N–H and O–H groups in total. The van der Waals surface area contributed by atoms with Gasteiger partial charge in [-0.1, -0.05) is 97.5 Å². The van der Waals surface area contributed by atoms with E-state index < -0.39 is 0 Å². The molecule has 1 aliphatic rings. The molecule has 6 heteroatoms. The van der Waals surface area contributed by atoms with Crippen molar-refractivity contribution in [3.63, 3.8) is 0 Å². The molecule has 5 aromatic rings. The second-order valence-corrected chi connectivity index (χ2v) is 15.8. The predicted molar refractivity (Wildman–Crippen MR) is 204 cm³/mol. The number of hydrogen-bond acceptors (Lipinski definition) is 5. The van der Waals surface area contributed by atoms with E-state index in [4.69, 9.17) is 4.98 Å². The van der Waals surface area contributed by atoms with E-state index in [1.165, 1.54) is 48.8 Å².